The van der Waals surface area contributed by atoms with Gasteiger partial charge in [0.1, 0.15) is 5.92 Å². The summed E-state index contributed by atoms with van der Waals surface area (Å²) in [4.78, 5) is 11.8. The Kier molecular flexibility index (Phi) is 7.13. The van der Waals surface area contributed by atoms with Gasteiger partial charge in [-0.05, 0) is 98.2 Å². The molecule has 1 unspecified atom stereocenters. The molecule has 3 fully saturated rings. The Balaban J connectivity index is 1.40. The van der Waals surface area contributed by atoms with E-state index >= 15 is 0 Å². The van der Waals surface area contributed by atoms with E-state index in [0.29, 0.717) is 23.2 Å². The van der Waals surface area contributed by atoms with E-state index in [1.54, 1.807) is 5.57 Å². The fraction of sp³-hybridized carbons (Fsp3) is 0.893. The first-order valence-corrected chi connectivity index (χ1v) is 13.4. The van der Waals surface area contributed by atoms with Gasteiger partial charge in [0.15, 0.2) is 6.29 Å². The van der Waals surface area contributed by atoms with E-state index in [9.17, 15) is 15.0 Å². The molecular weight excluding hydrogens is 400 g/mol. The normalized spacial score (nSPS) is 40.7. The van der Waals surface area contributed by atoms with Crippen LogP contribution < -0.4 is 0 Å². The molecule has 8 atom stereocenters. The zero-order valence-electron chi connectivity index (χ0n) is 20.8. The second-order valence-corrected chi connectivity index (χ2v) is 12.1. The van der Waals surface area contributed by atoms with Gasteiger partial charge in [0.25, 0.3) is 0 Å². The third-order valence-electron chi connectivity index (χ3n) is 10.8. The second-order valence-electron chi connectivity index (χ2n) is 12.1. The van der Waals surface area contributed by atoms with Crippen molar-refractivity contribution in [2.45, 2.75) is 104 Å². The summed E-state index contributed by atoms with van der Waals surface area (Å²) in [5.74, 6) is 2.62. The van der Waals surface area contributed by atoms with Crippen molar-refractivity contribution in [1.29, 1.82) is 0 Å². The van der Waals surface area contributed by atoms with Gasteiger partial charge < -0.3 is 14.9 Å². The maximum Gasteiger partial charge on any atom is 0.313 e. The maximum absolute atomic E-state index is 11.8. The highest BCUT2D eigenvalue weighted by Gasteiger charge is 2.58. The minimum atomic E-state index is -1.63. The van der Waals surface area contributed by atoms with Gasteiger partial charge in [-0.25, -0.2) is 0 Å². The number of fused-ring (bicyclic) bond motifs is 5. The molecule has 4 aliphatic rings. The van der Waals surface area contributed by atoms with Gasteiger partial charge in [0, 0.05) is 0 Å². The minimum absolute atomic E-state index is 0.440. The zero-order valence-corrected chi connectivity index (χ0v) is 20.8. The van der Waals surface area contributed by atoms with Crippen LogP contribution in [0.3, 0.4) is 0 Å². The summed E-state index contributed by atoms with van der Waals surface area (Å²) in [5, 5.41) is 19.1. The van der Waals surface area contributed by atoms with Crippen LogP contribution >= 0.6 is 0 Å². The van der Waals surface area contributed by atoms with Gasteiger partial charge in [0.2, 0.25) is 0 Å². The summed E-state index contributed by atoms with van der Waals surface area (Å²) >= 11 is 0. The highest BCUT2D eigenvalue weighted by atomic mass is 16.5. The van der Waals surface area contributed by atoms with Crippen molar-refractivity contribution in [3.05, 3.63) is 11.6 Å². The Morgan fingerprint density at radius 3 is 2.62 bits per heavy atom. The summed E-state index contributed by atoms with van der Waals surface area (Å²) in [5.41, 5.74) is 2.71. The molecule has 0 spiro atoms. The largest absolute Gasteiger partial charge is 0.469 e. The molecule has 32 heavy (non-hydrogen) atoms. The average Bonchev–Trinajstić information content (AvgIpc) is 3.12. The SMILES string of the molecule is COC(=O)C(CCC[C@@H](C)[C@H]1CC[C@H]2[C@@H]3CC=C4CCCC[C@]4(C)[C@H]3CC[C@]12C)C(O)O. The summed E-state index contributed by atoms with van der Waals surface area (Å²) in [6, 6.07) is 0. The van der Waals surface area contributed by atoms with Gasteiger partial charge in [-0.15, -0.1) is 0 Å². The molecule has 4 nitrogen and oxygen atoms in total. The molecule has 3 saturated carbocycles. The fourth-order valence-corrected chi connectivity index (χ4v) is 9.07. The smallest absolute Gasteiger partial charge is 0.313 e. The molecule has 0 amide bonds. The molecule has 0 aromatic carbocycles. The molecule has 4 rings (SSSR count). The van der Waals surface area contributed by atoms with Gasteiger partial charge in [-0.2, -0.15) is 0 Å². The minimum Gasteiger partial charge on any atom is -0.469 e. The molecule has 0 heterocycles. The van der Waals surface area contributed by atoms with Crippen LogP contribution in [0.5, 0.6) is 0 Å². The second kappa shape index (κ2) is 9.41. The van der Waals surface area contributed by atoms with Gasteiger partial charge in [-0.1, -0.05) is 51.7 Å². The fourth-order valence-electron chi connectivity index (χ4n) is 9.07. The van der Waals surface area contributed by atoms with Crippen molar-refractivity contribution in [3.8, 4) is 0 Å². The number of hydrogen-bond donors (Lipinski definition) is 2. The molecule has 0 aliphatic heterocycles. The van der Waals surface area contributed by atoms with E-state index in [0.717, 1.165) is 36.5 Å². The summed E-state index contributed by atoms with van der Waals surface area (Å²) in [6.45, 7) is 7.59. The monoisotopic (exact) mass is 446 g/mol. The van der Waals surface area contributed by atoms with Crippen molar-refractivity contribution >= 4 is 5.97 Å². The first kappa shape index (κ1) is 24.3. The highest BCUT2D eigenvalue weighted by Crippen LogP contribution is 2.67. The number of esters is 1. The molecule has 0 radical (unpaired) electrons. The number of hydrogen-bond acceptors (Lipinski definition) is 4. The Hall–Kier alpha value is -0.870. The number of rotatable bonds is 7. The van der Waals surface area contributed by atoms with Crippen molar-refractivity contribution < 1.29 is 19.7 Å². The molecule has 4 heteroatoms. The van der Waals surface area contributed by atoms with Crippen LogP contribution in [0.15, 0.2) is 11.6 Å². The maximum atomic E-state index is 11.8. The Morgan fingerprint density at radius 2 is 1.91 bits per heavy atom. The first-order valence-electron chi connectivity index (χ1n) is 13.4. The van der Waals surface area contributed by atoms with Crippen LogP contribution in [0.25, 0.3) is 0 Å². The topological polar surface area (TPSA) is 66.8 Å². The highest BCUT2D eigenvalue weighted by molar-refractivity contribution is 5.72. The standard InChI is InChI=1S/C28H46O4/c1-18(8-7-10-21(25(29)30)26(31)32-4)22-13-14-23-20-12-11-19-9-5-6-16-27(19,2)24(20)15-17-28(22,23)3/h11,18,20-25,29-30H,5-10,12-17H2,1-4H3/t18-,20+,21?,22-,23+,24+,27+,28-/m1/s1. The molecule has 0 aromatic rings. The van der Waals surface area contributed by atoms with Crippen LogP contribution in [0, 0.1) is 46.3 Å². The molecule has 2 N–H and O–H groups in total. The lowest BCUT2D eigenvalue weighted by atomic mass is 9.47. The lowest BCUT2D eigenvalue weighted by Gasteiger charge is -2.58. The zero-order chi connectivity index (χ0) is 23.1. The molecule has 4 aliphatic carbocycles. The number of carbonyl (C=O) groups is 1. The van der Waals surface area contributed by atoms with E-state index < -0.39 is 18.2 Å². The van der Waals surface area contributed by atoms with Crippen LogP contribution in [-0.2, 0) is 9.53 Å². The number of aliphatic hydroxyl groups is 2. The van der Waals surface area contributed by atoms with Crippen LogP contribution in [0.4, 0.5) is 0 Å². The lowest BCUT2D eigenvalue weighted by molar-refractivity contribution is -0.162. The average molecular weight is 447 g/mol. The number of allylic oxidation sites excluding steroid dienone is 2. The van der Waals surface area contributed by atoms with Gasteiger partial charge in [-0.3, -0.25) is 4.79 Å². The number of carbonyl (C=O) groups excluding carboxylic acids is 1. The van der Waals surface area contributed by atoms with Crippen molar-refractivity contribution in [2.75, 3.05) is 7.11 Å². The van der Waals surface area contributed by atoms with Gasteiger partial charge in [0.05, 0.1) is 7.11 Å². The van der Waals surface area contributed by atoms with E-state index in [4.69, 9.17) is 4.74 Å². The van der Waals surface area contributed by atoms with Crippen LogP contribution in [0.2, 0.25) is 0 Å². The van der Waals surface area contributed by atoms with E-state index in [1.807, 2.05) is 0 Å². The van der Waals surface area contributed by atoms with E-state index in [-0.39, 0.29) is 0 Å². The lowest BCUT2D eigenvalue weighted by Crippen LogP contribution is -2.50. The molecular formula is C28H46O4. The first-order chi connectivity index (χ1) is 15.2. The number of aliphatic hydroxyl groups excluding tert-OH is 1. The summed E-state index contributed by atoms with van der Waals surface area (Å²) < 4.78 is 4.75. The third kappa shape index (κ3) is 4.08. The van der Waals surface area contributed by atoms with Crippen LogP contribution in [0.1, 0.15) is 97.8 Å². The molecule has 0 bridgehead atoms. The Labute approximate surface area is 195 Å². The molecule has 182 valence electrons. The quantitative estimate of drug-likeness (QED) is 0.292. The Morgan fingerprint density at radius 1 is 1.12 bits per heavy atom. The summed E-state index contributed by atoms with van der Waals surface area (Å²) in [7, 11) is 1.31. The predicted octanol–water partition coefficient (Wildman–Crippen LogP) is 5.86. The van der Waals surface area contributed by atoms with E-state index in [2.05, 4.69) is 26.8 Å². The summed E-state index contributed by atoms with van der Waals surface area (Å²) in [6.07, 6.45) is 15.7. The Bertz CT molecular complexity index is 714. The van der Waals surface area contributed by atoms with Gasteiger partial charge >= 0.3 is 5.97 Å². The number of ether oxygens (including phenoxy) is 1. The van der Waals surface area contributed by atoms with Crippen molar-refractivity contribution in [3.63, 3.8) is 0 Å². The van der Waals surface area contributed by atoms with E-state index in [1.165, 1.54) is 64.9 Å². The molecule has 0 aromatic heterocycles. The van der Waals surface area contributed by atoms with Crippen molar-refractivity contribution in [2.24, 2.45) is 46.3 Å². The molecule has 0 saturated heterocycles. The predicted molar refractivity (Wildman–Crippen MR) is 127 cm³/mol. The van der Waals surface area contributed by atoms with Crippen LogP contribution in [-0.4, -0.2) is 29.6 Å². The van der Waals surface area contributed by atoms with Crippen molar-refractivity contribution in [1.82, 2.24) is 0 Å². The number of methoxy groups -OCH3 is 1. The third-order valence-corrected chi connectivity index (χ3v) is 10.8.